The van der Waals surface area contributed by atoms with Crippen molar-refractivity contribution in [3.05, 3.63) is 35.4 Å². The second-order valence-corrected chi connectivity index (χ2v) is 6.05. The Hall–Kier alpha value is -1.81. The van der Waals surface area contributed by atoms with E-state index in [0.29, 0.717) is 5.92 Å². The molecule has 3 nitrogen and oxygen atoms in total. The van der Waals surface area contributed by atoms with Gasteiger partial charge in [0, 0.05) is 23.0 Å². The smallest absolute Gasteiger partial charge is 0.183 e. The Morgan fingerprint density at radius 1 is 1.04 bits per heavy atom. The molecule has 0 unspecified atom stereocenters. The number of nitriles is 1. The van der Waals surface area contributed by atoms with Crippen LogP contribution in [0.4, 0.5) is 0 Å². The van der Waals surface area contributed by atoms with Crippen LogP contribution in [0.1, 0.15) is 62.9 Å². The lowest BCUT2D eigenvalue weighted by Crippen LogP contribution is -2.27. The molecule has 0 spiro atoms. The lowest BCUT2D eigenvalue weighted by molar-refractivity contribution is -0.206. The van der Waals surface area contributed by atoms with E-state index in [1.165, 1.54) is 38.5 Å². The van der Waals surface area contributed by atoms with Gasteiger partial charge in [0.05, 0.1) is 13.2 Å². The largest absolute Gasteiger partial charge is 0.348 e. The fourth-order valence-corrected chi connectivity index (χ4v) is 2.76. The maximum Gasteiger partial charge on any atom is 0.183 e. The maximum absolute atomic E-state index is 8.45. The summed E-state index contributed by atoms with van der Waals surface area (Å²) in [7, 11) is 0. The van der Waals surface area contributed by atoms with E-state index in [9.17, 15) is 0 Å². The van der Waals surface area contributed by atoms with Gasteiger partial charge in [0.1, 0.15) is 0 Å². The van der Waals surface area contributed by atoms with E-state index in [-0.39, 0.29) is 6.29 Å². The molecule has 0 aliphatic carbocycles. The molecule has 1 fully saturated rings. The molecule has 0 atom stereocenters. The minimum absolute atomic E-state index is 0.274. The summed E-state index contributed by atoms with van der Waals surface area (Å²) in [5.74, 6) is 5.69. The third kappa shape index (κ3) is 6.06. The molecule has 122 valence electrons. The van der Waals surface area contributed by atoms with Gasteiger partial charge in [-0.25, -0.2) is 0 Å². The Morgan fingerprint density at radius 2 is 1.74 bits per heavy atom. The van der Waals surface area contributed by atoms with Crippen molar-refractivity contribution in [1.29, 1.82) is 5.26 Å². The quantitative estimate of drug-likeness (QED) is 0.546. The first-order chi connectivity index (χ1) is 11.3. The molecule has 1 aromatic carbocycles. The van der Waals surface area contributed by atoms with Crippen LogP contribution in [0.2, 0.25) is 0 Å². The lowest BCUT2D eigenvalue weighted by atomic mass is 10.0. The van der Waals surface area contributed by atoms with Crippen molar-refractivity contribution in [2.24, 2.45) is 5.92 Å². The zero-order valence-corrected chi connectivity index (χ0v) is 13.9. The van der Waals surface area contributed by atoms with Crippen LogP contribution in [0.15, 0.2) is 24.3 Å². The van der Waals surface area contributed by atoms with Crippen LogP contribution >= 0.6 is 0 Å². The zero-order chi connectivity index (χ0) is 16.3. The third-order valence-electron chi connectivity index (χ3n) is 4.13. The first-order valence-corrected chi connectivity index (χ1v) is 8.56. The number of rotatable bonds is 7. The van der Waals surface area contributed by atoms with Gasteiger partial charge in [-0.2, -0.15) is 5.26 Å². The minimum Gasteiger partial charge on any atom is -0.348 e. The Kier molecular flexibility index (Phi) is 7.67. The molecule has 1 aliphatic rings. The molecular weight excluding hydrogens is 286 g/mol. The van der Waals surface area contributed by atoms with E-state index < -0.39 is 0 Å². The Morgan fingerprint density at radius 3 is 2.39 bits per heavy atom. The van der Waals surface area contributed by atoms with Crippen molar-refractivity contribution in [2.75, 3.05) is 13.2 Å². The summed E-state index contributed by atoms with van der Waals surface area (Å²) < 4.78 is 11.7. The van der Waals surface area contributed by atoms with Crippen molar-refractivity contribution in [1.82, 2.24) is 0 Å². The summed E-state index contributed by atoms with van der Waals surface area (Å²) >= 11 is 0. The Balaban J connectivity index is 1.73. The summed E-state index contributed by atoms with van der Waals surface area (Å²) in [6.45, 7) is 3.79. The highest BCUT2D eigenvalue weighted by atomic mass is 16.7. The van der Waals surface area contributed by atoms with Crippen molar-refractivity contribution < 1.29 is 9.47 Å². The van der Waals surface area contributed by atoms with Gasteiger partial charge in [-0.3, -0.25) is 0 Å². The lowest BCUT2D eigenvalue weighted by Gasteiger charge is -2.29. The predicted octanol–water partition coefficient (Wildman–Crippen LogP) is 4.58. The van der Waals surface area contributed by atoms with Crippen molar-refractivity contribution in [3.63, 3.8) is 0 Å². The van der Waals surface area contributed by atoms with E-state index in [1.54, 1.807) is 0 Å². The number of unbranched alkanes of at least 4 members (excludes halogenated alkanes) is 4. The van der Waals surface area contributed by atoms with Crippen molar-refractivity contribution in [2.45, 2.75) is 51.7 Å². The van der Waals surface area contributed by atoms with Gasteiger partial charge in [-0.1, -0.05) is 57.1 Å². The summed E-state index contributed by atoms with van der Waals surface area (Å²) in [4.78, 5) is 0. The molecule has 23 heavy (non-hydrogen) atoms. The number of nitrogens with zero attached hydrogens (tertiary/aromatic N) is 1. The summed E-state index contributed by atoms with van der Waals surface area (Å²) in [6.07, 6.45) is 7.48. The normalized spacial score (nSPS) is 20.3. The maximum atomic E-state index is 8.45. The highest BCUT2D eigenvalue weighted by Crippen LogP contribution is 2.27. The molecule has 0 radical (unpaired) electrons. The molecule has 2 rings (SSSR count). The average Bonchev–Trinajstić information content (AvgIpc) is 2.61. The van der Waals surface area contributed by atoms with Crippen molar-refractivity contribution in [3.8, 4) is 17.9 Å². The first kappa shape index (κ1) is 17.5. The van der Waals surface area contributed by atoms with E-state index in [1.807, 2.05) is 30.3 Å². The molecule has 1 aliphatic heterocycles. The number of hydrogen-bond donors (Lipinski definition) is 0. The summed E-state index contributed by atoms with van der Waals surface area (Å²) in [6, 6.07) is 9.52. The first-order valence-electron chi connectivity index (χ1n) is 8.56. The van der Waals surface area contributed by atoms with Gasteiger partial charge in [-0.15, -0.1) is 0 Å². The van der Waals surface area contributed by atoms with Crippen molar-refractivity contribution >= 4 is 0 Å². The fourth-order valence-electron chi connectivity index (χ4n) is 2.76. The van der Waals surface area contributed by atoms with Gasteiger partial charge < -0.3 is 9.47 Å². The van der Waals surface area contributed by atoms with Crippen LogP contribution in [0, 0.1) is 29.1 Å². The molecule has 1 heterocycles. The van der Waals surface area contributed by atoms with Gasteiger partial charge in [0.25, 0.3) is 0 Å². The highest BCUT2D eigenvalue weighted by molar-refractivity contribution is 5.39. The molecule has 3 heteroatoms. The van der Waals surface area contributed by atoms with E-state index in [2.05, 4.69) is 18.8 Å². The number of hydrogen-bond acceptors (Lipinski definition) is 3. The molecule has 0 aromatic heterocycles. The van der Waals surface area contributed by atoms with Gasteiger partial charge in [-0.05, 0) is 18.6 Å². The fraction of sp³-hybridized carbons (Fsp3) is 0.550. The molecule has 0 bridgehead atoms. The van der Waals surface area contributed by atoms with Gasteiger partial charge in [0.2, 0.25) is 0 Å². The van der Waals surface area contributed by atoms with Crippen LogP contribution in [0.5, 0.6) is 0 Å². The molecular formula is C20H25NO2. The monoisotopic (exact) mass is 311 g/mol. The van der Waals surface area contributed by atoms with Crippen LogP contribution in [-0.2, 0) is 9.47 Å². The zero-order valence-electron chi connectivity index (χ0n) is 13.9. The number of benzene rings is 1. The summed E-state index contributed by atoms with van der Waals surface area (Å²) in [5, 5.41) is 8.45. The molecule has 0 amide bonds. The van der Waals surface area contributed by atoms with Crippen LogP contribution in [0.3, 0.4) is 0 Å². The SMILES string of the molecule is CCCCCCC[C@H]1CO[C@H](c2ccc(C#CC#N)cc2)OC1. The molecule has 1 aromatic rings. The standard InChI is InChI=1S/C20H25NO2/c1-2-3-4-5-6-8-18-15-22-20(23-16-18)19-12-10-17(11-13-19)9-7-14-21/h10-13,18,20H,2-6,8,15-16H2,1H3/t18-,20-. The molecule has 0 saturated carbocycles. The molecule has 0 N–H and O–H groups in total. The highest BCUT2D eigenvalue weighted by Gasteiger charge is 2.23. The second kappa shape index (κ2) is 10.1. The van der Waals surface area contributed by atoms with E-state index in [4.69, 9.17) is 14.7 Å². The topological polar surface area (TPSA) is 42.2 Å². The Labute approximate surface area is 139 Å². The van der Waals surface area contributed by atoms with Gasteiger partial charge >= 0.3 is 0 Å². The van der Waals surface area contributed by atoms with E-state index in [0.717, 1.165) is 24.3 Å². The Bertz CT molecular complexity index is 554. The second-order valence-electron chi connectivity index (χ2n) is 6.05. The minimum atomic E-state index is -0.274. The van der Waals surface area contributed by atoms with E-state index >= 15 is 0 Å². The number of ether oxygens (including phenoxy) is 2. The molecule has 1 saturated heterocycles. The third-order valence-corrected chi connectivity index (χ3v) is 4.13. The van der Waals surface area contributed by atoms with Crippen LogP contribution < -0.4 is 0 Å². The summed E-state index contributed by atoms with van der Waals surface area (Å²) in [5.41, 5.74) is 1.84. The average molecular weight is 311 g/mol. The van der Waals surface area contributed by atoms with Crippen LogP contribution in [0.25, 0.3) is 0 Å². The van der Waals surface area contributed by atoms with Gasteiger partial charge in [0.15, 0.2) is 12.4 Å². The predicted molar refractivity (Wildman–Crippen MR) is 90.4 cm³/mol. The van der Waals surface area contributed by atoms with Crippen LogP contribution in [-0.4, -0.2) is 13.2 Å².